The summed E-state index contributed by atoms with van der Waals surface area (Å²) in [4.78, 5) is 39.5. The molecule has 0 aliphatic rings. The summed E-state index contributed by atoms with van der Waals surface area (Å²) < 4.78 is 20.9. The van der Waals surface area contributed by atoms with E-state index in [2.05, 4.69) is 6.58 Å². The van der Waals surface area contributed by atoms with E-state index < -0.39 is 19.5 Å². The zero-order chi connectivity index (χ0) is 16.3. The van der Waals surface area contributed by atoms with E-state index in [0.29, 0.717) is 31.6 Å². The second-order valence-electron chi connectivity index (χ2n) is 4.64. The summed E-state index contributed by atoms with van der Waals surface area (Å²) in [7, 11) is -4.27. The molecule has 0 bridgehead atoms. The molecule has 0 aromatic heterocycles. The minimum absolute atomic E-state index is 0.0263. The van der Waals surface area contributed by atoms with Crippen LogP contribution in [0, 0.1) is 0 Å². The Morgan fingerprint density at radius 1 is 1.05 bits per heavy atom. The van der Waals surface area contributed by atoms with Crippen molar-refractivity contribution in [1.29, 1.82) is 0 Å². The fraction of sp³-hybridized carbons (Fsp3) is 0.692. The van der Waals surface area contributed by atoms with Gasteiger partial charge in [-0.15, -0.1) is 0 Å². The summed E-state index contributed by atoms with van der Waals surface area (Å²) in [6.07, 6.45) is 0.251. The second-order valence-corrected chi connectivity index (χ2v) is 6.29. The minimum atomic E-state index is -4.27. The van der Waals surface area contributed by atoms with Crippen molar-refractivity contribution in [3.8, 4) is 0 Å². The Kier molecular flexibility index (Phi) is 10.4. The normalized spacial score (nSPS) is 11.4. The Hall–Kier alpha value is -0.850. The summed E-state index contributed by atoms with van der Waals surface area (Å²) in [5.74, 6) is -0.499. The zero-order valence-corrected chi connectivity index (χ0v) is 13.1. The number of ketones is 2. The van der Waals surface area contributed by atoms with Crippen molar-refractivity contribution in [3.63, 3.8) is 0 Å². The van der Waals surface area contributed by atoms with Gasteiger partial charge in [-0.2, -0.15) is 0 Å². The Balaban J connectivity index is 3.37. The third-order valence-electron chi connectivity index (χ3n) is 2.45. The number of ether oxygens (including phenoxy) is 2. The SMILES string of the molecule is C=C(C)C(=O)CCCOCCOCCC(=O)CP(=O)(O)O. The second kappa shape index (κ2) is 10.8. The van der Waals surface area contributed by atoms with E-state index in [1.165, 1.54) is 0 Å². The standard InChI is InChI=1S/C13H23O7P/c1-11(2)13(15)4-3-6-19-8-9-20-7-5-12(14)10-21(16,17)18/h1,3-10H2,2H3,(H2,16,17,18). The molecule has 7 nitrogen and oxygen atoms in total. The topological polar surface area (TPSA) is 110 Å². The molecule has 0 spiro atoms. The van der Waals surface area contributed by atoms with Gasteiger partial charge < -0.3 is 19.3 Å². The van der Waals surface area contributed by atoms with Gasteiger partial charge in [0, 0.05) is 19.4 Å². The summed E-state index contributed by atoms with van der Waals surface area (Å²) in [5, 5.41) is 0. The highest BCUT2D eigenvalue weighted by Gasteiger charge is 2.18. The lowest BCUT2D eigenvalue weighted by molar-refractivity contribution is -0.118. The van der Waals surface area contributed by atoms with Crippen LogP contribution in [0.25, 0.3) is 0 Å². The molecule has 8 heteroatoms. The molecule has 0 heterocycles. The maximum atomic E-state index is 11.2. The first-order chi connectivity index (χ1) is 9.72. The molecule has 0 aromatic rings. The van der Waals surface area contributed by atoms with E-state index in [-0.39, 0.29) is 25.4 Å². The molecule has 0 saturated heterocycles. The van der Waals surface area contributed by atoms with E-state index in [1.807, 2.05) is 0 Å². The van der Waals surface area contributed by atoms with Crippen LogP contribution in [0.3, 0.4) is 0 Å². The average Bonchev–Trinajstić information content (AvgIpc) is 2.34. The van der Waals surface area contributed by atoms with Crippen LogP contribution in [-0.4, -0.2) is 53.9 Å². The van der Waals surface area contributed by atoms with Gasteiger partial charge in [-0.1, -0.05) is 6.58 Å². The third-order valence-corrected chi connectivity index (χ3v) is 3.21. The van der Waals surface area contributed by atoms with Gasteiger partial charge in [0.15, 0.2) is 5.78 Å². The van der Waals surface area contributed by atoms with Crippen molar-refractivity contribution in [1.82, 2.24) is 0 Å². The fourth-order valence-corrected chi connectivity index (χ4v) is 1.98. The van der Waals surface area contributed by atoms with Crippen LogP contribution in [0.5, 0.6) is 0 Å². The molecule has 0 atom stereocenters. The Bertz CT molecular complexity index is 399. The van der Waals surface area contributed by atoms with Gasteiger partial charge in [-0.05, 0) is 18.9 Å². The highest BCUT2D eigenvalue weighted by molar-refractivity contribution is 7.52. The quantitative estimate of drug-likeness (QED) is 0.296. The lowest BCUT2D eigenvalue weighted by Crippen LogP contribution is -2.12. The maximum Gasteiger partial charge on any atom is 0.332 e. The van der Waals surface area contributed by atoms with Crippen LogP contribution in [0.15, 0.2) is 12.2 Å². The lowest BCUT2D eigenvalue weighted by Gasteiger charge is -2.06. The number of Topliss-reactive ketones (excluding diaryl/α,β-unsaturated/α-hetero) is 2. The Morgan fingerprint density at radius 2 is 1.62 bits per heavy atom. The molecule has 0 saturated carbocycles. The van der Waals surface area contributed by atoms with Crippen LogP contribution in [0.4, 0.5) is 0 Å². The predicted octanol–water partition coefficient (Wildman–Crippen LogP) is 1.08. The molecule has 0 amide bonds. The van der Waals surface area contributed by atoms with Gasteiger partial charge in [0.2, 0.25) is 0 Å². The van der Waals surface area contributed by atoms with Crippen LogP contribution >= 0.6 is 7.60 Å². The molecular formula is C13H23O7P. The summed E-state index contributed by atoms with van der Waals surface area (Å²) in [6.45, 7) is 6.41. The van der Waals surface area contributed by atoms with Gasteiger partial charge in [0.25, 0.3) is 0 Å². The lowest BCUT2D eigenvalue weighted by atomic mass is 10.1. The molecule has 2 N–H and O–H groups in total. The van der Waals surface area contributed by atoms with Crippen LogP contribution in [-0.2, 0) is 23.6 Å². The maximum absolute atomic E-state index is 11.2. The number of rotatable bonds is 13. The van der Waals surface area contributed by atoms with Crippen molar-refractivity contribution in [2.45, 2.75) is 26.2 Å². The molecule has 122 valence electrons. The first kappa shape index (κ1) is 20.1. The first-order valence-corrected chi connectivity index (χ1v) is 8.42. The third kappa shape index (κ3) is 13.9. The van der Waals surface area contributed by atoms with Gasteiger partial charge >= 0.3 is 7.60 Å². The van der Waals surface area contributed by atoms with Crippen molar-refractivity contribution in [3.05, 3.63) is 12.2 Å². The fourth-order valence-electron chi connectivity index (χ4n) is 1.36. The summed E-state index contributed by atoms with van der Waals surface area (Å²) >= 11 is 0. The van der Waals surface area contributed by atoms with E-state index >= 15 is 0 Å². The van der Waals surface area contributed by atoms with E-state index in [0.717, 1.165) is 0 Å². The number of allylic oxidation sites excluding steroid dienone is 1. The predicted molar refractivity (Wildman–Crippen MR) is 77.2 cm³/mol. The molecule has 0 rings (SSSR count). The van der Waals surface area contributed by atoms with E-state index in [4.69, 9.17) is 19.3 Å². The minimum Gasteiger partial charge on any atom is -0.379 e. The summed E-state index contributed by atoms with van der Waals surface area (Å²) in [6, 6.07) is 0. The molecule has 21 heavy (non-hydrogen) atoms. The Labute approximate surface area is 124 Å². The Morgan fingerprint density at radius 3 is 2.14 bits per heavy atom. The van der Waals surface area contributed by atoms with E-state index in [9.17, 15) is 14.2 Å². The number of hydrogen-bond donors (Lipinski definition) is 2. The smallest absolute Gasteiger partial charge is 0.332 e. The average molecular weight is 322 g/mol. The molecule has 0 aromatic carbocycles. The van der Waals surface area contributed by atoms with Crippen LogP contribution in [0.2, 0.25) is 0 Å². The molecular weight excluding hydrogens is 299 g/mol. The van der Waals surface area contributed by atoms with Crippen LogP contribution < -0.4 is 0 Å². The molecule has 0 aliphatic carbocycles. The van der Waals surface area contributed by atoms with E-state index in [1.54, 1.807) is 6.92 Å². The molecule has 0 fully saturated rings. The van der Waals surface area contributed by atoms with Gasteiger partial charge in [0.1, 0.15) is 11.9 Å². The van der Waals surface area contributed by atoms with Crippen molar-refractivity contribution in [2.24, 2.45) is 0 Å². The van der Waals surface area contributed by atoms with Crippen molar-refractivity contribution in [2.75, 3.05) is 32.6 Å². The van der Waals surface area contributed by atoms with Crippen molar-refractivity contribution < 1.29 is 33.4 Å². The number of hydrogen-bond acceptors (Lipinski definition) is 5. The van der Waals surface area contributed by atoms with Crippen molar-refractivity contribution >= 4 is 19.2 Å². The summed E-state index contributed by atoms with van der Waals surface area (Å²) in [5.41, 5.74) is 0.540. The number of carbonyl (C=O) groups is 2. The van der Waals surface area contributed by atoms with Gasteiger partial charge in [0.05, 0.1) is 19.8 Å². The van der Waals surface area contributed by atoms with Gasteiger partial charge in [-0.3, -0.25) is 14.2 Å². The highest BCUT2D eigenvalue weighted by atomic mass is 31.2. The van der Waals surface area contributed by atoms with Crippen LogP contribution in [0.1, 0.15) is 26.2 Å². The molecule has 0 aliphatic heterocycles. The zero-order valence-electron chi connectivity index (χ0n) is 12.2. The monoisotopic (exact) mass is 322 g/mol. The molecule has 0 unspecified atom stereocenters. The van der Waals surface area contributed by atoms with Gasteiger partial charge in [-0.25, -0.2) is 0 Å². The molecule has 0 radical (unpaired) electrons. The highest BCUT2D eigenvalue weighted by Crippen LogP contribution is 2.34. The first-order valence-electron chi connectivity index (χ1n) is 6.63. The number of carbonyl (C=O) groups excluding carboxylic acids is 2. The largest absolute Gasteiger partial charge is 0.379 e.